The lowest BCUT2D eigenvalue weighted by Gasteiger charge is -2.17. The lowest BCUT2D eigenvalue weighted by atomic mass is 10.2. The molecule has 8 heteroatoms. The molecule has 0 aromatic heterocycles. The molecule has 0 fully saturated rings. The first-order valence-electron chi connectivity index (χ1n) is 7.69. The molecule has 2 N–H and O–H groups in total. The zero-order chi connectivity index (χ0) is 19.1. The van der Waals surface area contributed by atoms with E-state index < -0.39 is 23.5 Å². The van der Waals surface area contributed by atoms with Crippen LogP contribution in [0, 0.1) is 5.82 Å². The summed E-state index contributed by atoms with van der Waals surface area (Å²) < 4.78 is 13.5. The van der Waals surface area contributed by atoms with Crippen LogP contribution < -0.4 is 10.6 Å². The molecule has 0 aliphatic heterocycles. The highest BCUT2D eigenvalue weighted by Crippen LogP contribution is 2.13. The second kappa shape index (κ2) is 8.96. The number of benzene rings is 2. The van der Waals surface area contributed by atoms with E-state index >= 15 is 0 Å². The van der Waals surface area contributed by atoms with Crippen LogP contribution in [0.25, 0.3) is 0 Å². The van der Waals surface area contributed by atoms with Crippen molar-refractivity contribution in [1.29, 1.82) is 0 Å². The van der Waals surface area contributed by atoms with Crippen molar-refractivity contribution in [2.75, 3.05) is 25.5 Å². The second-order valence-corrected chi connectivity index (χ2v) is 5.90. The summed E-state index contributed by atoms with van der Waals surface area (Å²) in [6.45, 7) is -0.547. The van der Waals surface area contributed by atoms with Crippen molar-refractivity contribution in [1.82, 2.24) is 10.2 Å². The summed E-state index contributed by atoms with van der Waals surface area (Å²) in [5, 5.41) is 5.50. The number of halogens is 2. The quantitative estimate of drug-likeness (QED) is 0.810. The van der Waals surface area contributed by atoms with Crippen molar-refractivity contribution in [3.8, 4) is 0 Å². The van der Waals surface area contributed by atoms with E-state index in [1.54, 1.807) is 24.3 Å². The molecule has 0 aliphatic carbocycles. The van der Waals surface area contributed by atoms with Gasteiger partial charge in [-0.2, -0.15) is 0 Å². The fourth-order valence-corrected chi connectivity index (χ4v) is 2.19. The fraction of sp³-hybridized carbons (Fsp3) is 0.167. The van der Waals surface area contributed by atoms with Crippen LogP contribution in [-0.2, 0) is 9.59 Å². The Morgan fingerprint density at radius 3 is 2.38 bits per heavy atom. The Labute approximate surface area is 154 Å². The molecule has 26 heavy (non-hydrogen) atoms. The zero-order valence-electron chi connectivity index (χ0n) is 14.0. The molecule has 0 bridgehead atoms. The van der Waals surface area contributed by atoms with Gasteiger partial charge in [0.2, 0.25) is 11.8 Å². The number of hydrogen-bond acceptors (Lipinski definition) is 3. The van der Waals surface area contributed by atoms with Gasteiger partial charge in [-0.25, -0.2) is 4.39 Å². The Hall–Kier alpha value is -2.93. The topological polar surface area (TPSA) is 78.5 Å². The van der Waals surface area contributed by atoms with Crippen molar-refractivity contribution in [2.24, 2.45) is 0 Å². The largest absolute Gasteiger partial charge is 0.343 e. The van der Waals surface area contributed by atoms with Gasteiger partial charge in [-0.05, 0) is 36.4 Å². The standard InChI is InChI=1S/C18H17ClFN3O3/c1-23(11-16(24)22-13-8-6-12(19)7-9-13)17(25)10-21-18(26)14-4-2-3-5-15(14)20/h2-9H,10-11H2,1H3,(H,21,26)(H,22,24). The third kappa shape index (κ3) is 5.56. The summed E-state index contributed by atoms with van der Waals surface area (Å²) in [6.07, 6.45) is 0. The minimum atomic E-state index is -0.699. The van der Waals surface area contributed by atoms with Crippen LogP contribution in [0.1, 0.15) is 10.4 Å². The van der Waals surface area contributed by atoms with Crippen molar-refractivity contribution in [2.45, 2.75) is 0 Å². The van der Waals surface area contributed by atoms with Gasteiger partial charge in [0, 0.05) is 17.8 Å². The first-order chi connectivity index (χ1) is 12.4. The highest BCUT2D eigenvalue weighted by Gasteiger charge is 2.16. The third-order valence-corrected chi connectivity index (χ3v) is 3.71. The van der Waals surface area contributed by atoms with Gasteiger partial charge in [0.15, 0.2) is 0 Å². The number of amides is 3. The van der Waals surface area contributed by atoms with Crippen molar-refractivity contribution in [3.63, 3.8) is 0 Å². The molecule has 0 unspecified atom stereocenters. The lowest BCUT2D eigenvalue weighted by Crippen LogP contribution is -2.41. The van der Waals surface area contributed by atoms with E-state index in [2.05, 4.69) is 10.6 Å². The van der Waals surface area contributed by atoms with E-state index in [-0.39, 0.29) is 18.7 Å². The van der Waals surface area contributed by atoms with Crippen LogP contribution in [-0.4, -0.2) is 42.8 Å². The number of hydrogen-bond donors (Lipinski definition) is 2. The SMILES string of the molecule is CN(CC(=O)Nc1ccc(Cl)cc1)C(=O)CNC(=O)c1ccccc1F. The highest BCUT2D eigenvalue weighted by molar-refractivity contribution is 6.30. The maximum atomic E-state index is 13.5. The smallest absolute Gasteiger partial charge is 0.254 e. The molecule has 0 spiro atoms. The minimum absolute atomic E-state index is 0.150. The molecule has 2 rings (SSSR count). The van der Waals surface area contributed by atoms with Gasteiger partial charge in [0.1, 0.15) is 5.82 Å². The van der Waals surface area contributed by atoms with Gasteiger partial charge in [-0.15, -0.1) is 0 Å². The number of nitrogens with zero attached hydrogens (tertiary/aromatic N) is 1. The van der Waals surface area contributed by atoms with Crippen LogP contribution in [0.5, 0.6) is 0 Å². The van der Waals surface area contributed by atoms with E-state index in [9.17, 15) is 18.8 Å². The lowest BCUT2D eigenvalue weighted by molar-refractivity contribution is -0.132. The molecule has 6 nitrogen and oxygen atoms in total. The average molecular weight is 378 g/mol. The van der Waals surface area contributed by atoms with Crippen LogP contribution in [0.3, 0.4) is 0 Å². The van der Waals surface area contributed by atoms with Gasteiger partial charge in [-0.1, -0.05) is 23.7 Å². The van der Waals surface area contributed by atoms with Gasteiger partial charge >= 0.3 is 0 Å². The van der Waals surface area contributed by atoms with E-state index in [1.807, 2.05) is 0 Å². The summed E-state index contributed by atoms with van der Waals surface area (Å²) in [6, 6.07) is 12.0. The zero-order valence-corrected chi connectivity index (χ0v) is 14.7. The molecule has 0 saturated carbocycles. The molecule has 0 radical (unpaired) electrons. The Bertz CT molecular complexity index is 812. The first kappa shape index (κ1) is 19.4. The maximum Gasteiger partial charge on any atom is 0.254 e. The molecule has 2 aromatic rings. The van der Waals surface area contributed by atoms with Crippen molar-refractivity contribution >= 4 is 35.0 Å². The number of carbonyl (C=O) groups is 3. The maximum absolute atomic E-state index is 13.5. The molecule has 0 aliphatic rings. The molecule has 3 amide bonds. The van der Waals surface area contributed by atoms with E-state index in [0.717, 1.165) is 11.0 Å². The van der Waals surface area contributed by atoms with Crippen LogP contribution in [0.4, 0.5) is 10.1 Å². The molecule has 0 atom stereocenters. The Kier molecular flexibility index (Phi) is 6.68. The molecule has 0 heterocycles. The number of rotatable bonds is 6. The number of nitrogens with one attached hydrogen (secondary N) is 2. The third-order valence-electron chi connectivity index (χ3n) is 3.45. The highest BCUT2D eigenvalue weighted by atomic mass is 35.5. The van der Waals surface area contributed by atoms with Gasteiger partial charge in [0.25, 0.3) is 5.91 Å². The summed E-state index contributed by atoms with van der Waals surface area (Å²) in [5.74, 6) is -2.26. The number of carbonyl (C=O) groups excluding carboxylic acids is 3. The molecule has 2 aromatic carbocycles. The molecule has 136 valence electrons. The predicted octanol–water partition coefficient (Wildman–Crippen LogP) is 2.31. The van der Waals surface area contributed by atoms with Crippen molar-refractivity contribution in [3.05, 3.63) is 64.9 Å². The monoisotopic (exact) mass is 377 g/mol. The van der Waals surface area contributed by atoms with E-state index in [1.165, 1.54) is 25.2 Å². The summed E-state index contributed by atoms with van der Waals surface area (Å²) in [4.78, 5) is 37.0. The minimum Gasteiger partial charge on any atom is -0.343 e. The second-order valence-electron chi connectivity index (χ2n) is 5.47. The van der Waals surface area contributed by atoms with Crippen LogP contribution in [0.2, 0.25) is 5.02 Å². The van der Waals surface area contributed by atoms with E-state index in [4.69, 9.17) is 11.6 Å². The van der Waals surface area contributed by atoms with Crippen LogP contribution >= 0.6 is 11.6 Å². The average Bonchev–Trinajstić information content (AvgIpc) is 2.61. The Morgan fingerprint density at radius 1 is 1.08 bits per heavy atom. The van der Waals surface area contributed by atoms with Gasteiger partial charge in [-0.3, -0.25) is 14.4 Å². The van der Waals surface area contributed by atoms with Gasteiger partial charge in [0.05, 0.1) is 18.7 Å². The molecular formula is C18H17ClFN3O3. The molecular weight excluding hydrogens is 361 g/mol. The van der Waals surface area contributed by atoms with E-state index in [0.29, 0.717) is 10.7 Å². The summed E-state index contributed by atoms with van der Waals surface area (Å²) in [7, 11) is 1.43. The normalized spacial score (nSPS) is 10.1. The first-order valence-corrected chi connectivity index (χ1v) is 8.06. The summed E-state index contributed by atoms with van der Waals surface area (Å²) in [5.41, 5.74) is 0.400. The molecule has 0 saturated heterocycles. The van der Waals surface area contributed by atoms with Crippen LogP contribution in [0.15, 0.2) is 48.5 Å². The number of anilines is 1. The predicted molar refractivity (Wildman–Crippen MR) is 96.5 cm³/mol. The summed E-state index contributed by atoms with van der Waals surface area (Å²) >= 11 is 5.76. The fourth-order valence-electron chi connectivity index (χ4n) is 2.07. The van der Waals surface area contributed by atoms with Crippen molar-refractivity contribution < 1.29 is 18.8 Å². The van der Waals surface area contributed by atoms with Gasteiger partial charge < -0.3 is 15.5 Å². The number of likely N-dealkylation sites (N-methyl/N-ethyl adjacent to an activating group) is 1. The Balaban J connectivity index is 1.81. The Morgan fingerprint density at radius 2 is 1.73 bits per heavy atom.